The van der Waals surface area contributed by atoms with Gasteiger partial charge in [0.25, 0.3) is 5.56 Å². The van der Waals surface area contributed by atoms with Crippen LogP contribution in [0.25, 0.3) is 23.1 Å². The van der Waals surface area contributed by atoms with E-state index in [9.17, 15) is 9.59 Å². The average Bonchev–Trinajstić information content (AvgIpc) is 3.00. The monoisotopic (exact) mass is 338 g/mol. The third kappa shape index (κ3) is 3.82. The summed E-state index contributed by atoms with van der Waals surface area (Å²) in [5.41, 5.74) is 1.34. The number of carboxylic acids is 1. The molecule has 1 aromatic carbocycles. The standard InChI is InChI=1S/C18H18N4O3/c1-21-12-13(11-19-21)8-9-16-20-15-6-3-2-5-14(15)18(25)22(16)10-4-7-17(23)24/h2-3,5-6,8-9,11-12H,4,7,10H2,1H3,(H,23,24)/b9-8-. The van der Waals surface area contributed by atoms with Crippen LogP contribution in [0.3, 0.4) is 0 Å². The summed E-state index contributed by atoms with van der Waals surface area (Å²) in [6, 6.07) is 7.14. The molecule has 0 bridgehead atoms. The van der Waals surface area contributed by atoms with Crippen LogP contribution in [0.2, 0.25) is 0 Å². The molecule has 0 aliphatic carbocycles. The van der Waals surface area contributed by atoms with E-state index in [2.05, 4.69) is 10.1 Å². The van der Waals surface area contributed by atoms with Gasteiger partial charge in [0.15, 0.2) is 0 Å². The molecule has 0 fully saturated rings. The second-order valence-corrected chi connectivity index (χ2v) is 5.72. The average molecular weight is 338 g/mol. The molecule has 128 valence electrons. The molecule has 0 saturated carbocycles. The molecule has 0 unspecified atom stereocenters. The van der Waals surface area contributed by atoms with Crippen molar-refractivity contribution in [3.8, 4) is 0 Å². The number of para-hydroxylation sites is 1. The van der Waals surface area contributed by atoms with Crippen LogP contribution < -0.4 is 5.56 Å². The van der Waals surface area contributed by atoms with Crippen molar-refractivity contribution in [1.82, 2.24) is 19.3 Å². The lowest BCUT2D eigenvalue weighted by molar-refractivity contribution is -0.137. The van der Waals surface area contributed by atoms with Crippen LogP contribution in [0.1, 0.15) is 24.2 Å². The van der Waals surface area contributed by atoms with Gasteiger partial charge in [-0.05, 0) is 30.7 Å². The predicted molar refractivity (Wildman–Crippen MR) is 95.0 cm³/mol. The first-order valence-corrected chi connectivity index (χ1v) is 7.93. The highest BCUT2D eigenvalue weighted by Gasteiger charge is 2.09. The molecule has 0 atom stereocenters. The van der Waals surface area contributed by atoms with Crippen molar-refractivity contribution in [2.75, 3.05) is 0 Å². The topological polar surface area (TPSA) is 90.0 Å². The maximum absolute atomic E-state index is 12.8. The summed E-state index contributed by atoms with van der Waals surface area (Å²) in [6.07, 6.45) is 7.52. The van der Waals surface area contributed by atoms with E-state index in [1.807, 2.05) is 25.4 Å². The molecule has 7 heteroatoms. The minimum atomic E-state index is -0.880. The van der Waals surface area contributed by atoms with Crippen molar-refractivity contribution in [3.63, 3.8) is 0 Å². The number of nitrogens with zero attached hydrogens (tertiary/aromatic N) is 4. The first kappa shape index (κ1) is 16.6. The van der Waals surface area contributed by atoms with Gasteiger partial charge >= 0.3 is 5.97 Å². The van der Waals surface area contributed by atoms with E-state index in [1.165, 1.54) is 4.57 Å². The van der Waals surface area contributed by atoms with E-state index >= 15 is 0 Å². The molecule has 2 heterocycles. The number of aliphatic carboxylic acids is 1. The lowest BCUT2D eigenvalue weighted by Gasteiger charge is -2.10. The smallest absolute Gasteiger partial charge is 0.303 e. The highest BCUT2D eigenvalue weighted by molar-refractivity contribution is 5.79. The molecule has 0 saturated heterocycles. The minimum Gasteiger partial charge on any atom is -0.481 e. The van der Waals surface area contributed by atoms with Crippen molar-refractivity contribution in [2.45, 2.75) is 19.4 Å². The van der Waals surface area contributed by atoms with Gasteiger partial charge in [0.1, 0.15) is 5.82 Å². The molecular formula is C18H18N4O3. The highest BCUT2D eigenvalue weighted by atomic mass is 16.4. The Bertz CT molecular complexity index is 1000. The van der Waals surface area contributed by atoms with Gasteiger partial charge in [-0.25, -0.2) is 4.98 Å². The van der Waals surface area contributed by atoms with Crippen molar-refractivity contribution < 1.29 is 9.90 Å². The fourth-order valence-electron chi connectivity index (χ4n) is 2.61. The Morgan fingerprint density at radius 3 is 2.80 bits per heavy atom. The van der Waals surface area contributed by atoms with E-state index in [1.54, 1.807) is 35.2 Å². The van der Waals surface area contributed by atoms with Crippen LogP contribution in [-0.4, -0.2) is 30.4 Å². The zero-order chi connectivity index (χ0) is 17.8. The molecule has 1 N–H and O–H groups in total. The Kier molecular flexibility index (Phi) is 4.74. The number of benzene rings is 1. The number of fused-ring (bicyclic) bond motifs is 1. The number of aryl methyl sites for hydroxylation is 1. The lowest BCUT2D eigenvalue weighted by Crippen LogP contribution is -2.24. The Morgan fingerprint density at radius 2 is 2.08 bits per heavy atom. The highest BCUT2D eigenvalue weighted by Crippen LogP contribution is 2.11. The largest absolute Gasteiger partial charge is 0.481 e. The van der Waals surface area contributed by atoms with E-state index in [0.717, 1.165) is 5.56 Å². The second-order valence-electron chi connectivity index (χ2n) is 5.72. The number of hydrogen-bond donors (Lipinski definition) is 1. The number of hydrogen-bond acceptors (Lipinski definition) is 4. The maximum Gasteiger partial charge on any atom is 0.303 e. The minimum absolute atomic E-state index is 0.00499. The number of rotatable bonds is 6. The summed E-state index contributed by atoms with van der Waals surface area (Å²) in [5, 5.41) is 13.5. The third-order valence-electron chi connectivity index (χ3n) is 3.81. The molecule has 7 nitrogen and oxygen atoms in total. The molecule has 3 rings (SSSR count). The van der Waals surface area contributed by atoms with Crippen molar-refractivity contribution in [2.24, 2.45) is 7.05 Å². The summed E-state index contributed by atoms with van der Waals surface area (Å²) in [6.45, 7) is 0.301. The Hall–Kier alpha value is -3.22. The summed E-state index contributed by atoms with van der Waals surface area (Å²) < 4.78 is 3.21. The fourth-order valence-corrected chi connectivity index (χ4v) is 2.61. The molecule has 3 aromatic rings. The normalized spacial score (nSPS) is 11.4. The van der Waals surface area contributed by atoms with Gasteiger partial charge in [-0.2, -0.15) is 5.10 Å². The molecule has 0 radical (unpaired) electrons. The van der Waals surface area contributed by atoms with E-state index in [-0.39, 0.29) is 12.0 Å². The van der Waals surface area contributed by atoms with Gasteiger partial charge < -0.3 is 5.11 Å². The SMILES string of the molecule is Cn1cc(/C=C\c2nc3ccccc3c(=O)n2CCCC(=O)O)cn1. The van der Waals surface area contributed by atoms with Gasteiger partial charge in [0.2, 0.25) is 0 Å². The number of carboxylic acid groups (broad SMARTS) is 1. The van der Waals surface area contributed by atoms with Gasteiger partial charge in [0.05, 0.1) is 17.1 Å². The van der Waals surface area contributed by atoms with E-state index < -0.39 is 5.97 Å². The van der Waals surface area contributed by atoms with Crippen LogP contribution in [0.5, 0.6) is 0 Å². The summed E-state index contributed by atoms with van der Waals surface area (Å²) in [4.78, 5) is 28.1. The maximum atomic E-state index is 12.8. The lowest BCUT2D eigenvalue weighted by atomic mass is 10.2. The summed E-state index contributed by atoms with van der Waals surface area (Å²) in [7, 11) is 1.83. The first-order chi connectivity index (χ1) is 12.0. The van der Waals surface area contributed by atoms with E-state index in [0.29, 0.717) is 29.7 Å². The molecule has 2 aromatic heterocycles. The molecule has 0 aliphatic rings. The van der Waals surface area contributed by atoms with Crippen LogP contribution in [-0.2, 0) is 18.4 Å². The quantitative estimate of drug-likeness (QED) is 0.744. The van der Waals surface area contributed by atoms with Crippen molar-refractivity contribution >= 4 is 29.0 Å². The predicted octanol–water partition coefficient (Wildman–Crippen LogP) is 2.17. The zero-order valence-corrected chi connectivity index (χ0v) is 13.8. The molecule has 0 spiro atoms. The number of aromatic nitrogens is 4. The fraction of sp³-hybridized carbons (Fsp3) is 0.222. The van der Waals surface area contributed by atoms with Crippen LogP contribution >= 0.6 is 0 Å². The first-order valence-electron chi connectivity index (χ1n) is 7.93. The number of carbonyl (C=O) groups is 1. The molecule has 0 aliphatic heterocycles. The summed E-state index contributed by atoms with van der Waals surface area (Å²) >= 11 is 0. The van der Waals surface area contributed by atoms with Gasteiger partial charge in [-0.3, -0.25) is 18.8 Å². The van der Waals surface area contributed by atoms with Gasteiger partial charge in [-0.1, -0.05) is 12.1 Å². The van der Waals surface area contributed by atoms with Crippen molar-refractivity contribution in [3.05, 3.63) is 58.4 Å². The van der Waals surface area contributed by atoms with Crippen LogP contribution in [0.15, 0.2) is 41.5 Å². The third-order valence-corrected chi connectivity index (χ3v) is 3.81. The van der Waals surface area contributed by atoms with E-state index in [4.69, 9.17) is 5.11 Å². The van der Waals surface area contributed by atoms with Crippen LogP contribution in [0.4, 0.5) is 0 Å². The van der Waals surface area contributed by atoms with Crippen molar-refractivity contribution in [1.29, 1.82) is 0 Å². The van der Waals surface area contributed by atoms with Gasteiger partial charge in [-0.15, -0.1) is 0 Å². The summed E-state index contributed by atoms with van der Waals surface area (Å²) in [5.74, 6) is -0.382. The molecular weight excluding hydrogens is 320 g/mol. The Balaban J connectivity index is 2.02. The molecule has 25 heavy (non-hydrogen) atoms. The zero-order valence-electron chi connectivity index (χ0n) is 13.8. The Labute approximate surface area is 143 Å². The van der Waals surface area contributed by atoms with Gasteiger partial charge in [0, 0.05) is 31.8 Å². The molecule has 0 amide bonds. The van der Waals surface area contributed by atoms with Crippen LogP contribution in [0, 0.1) is 0 Å². The Morgan fingerprint density at radius 1 is 1.28 bits per heavy atom. The second kappa shape index (κ2) is 7.12.